The van der Waals surface area contributed by atoms with Crippen LogP contribution in [0.1, 0.15) is 16.8 Å². The molecule has 0 spiro atoms. The summed E-state index contributed by atoms with van der Waals surface area (Å²) in [4.78, 5) is 16.2. The van der Waals surface area contributed by atoms with Crippen molar-refractivity contribution >= 4 is 22.7 Å². The summed E-state index contributed by atoms with van der Waals surface area (Å²) >= 11 is 0. The Bertz CT molecular complexity index is 756. The third kappa shape index (κ3) is 2.74. The van der Waals surface area contributed by atoms with Gasteiger partial charge in [-0.05, 0) is 35.4 Å². The molecule has 5 heteroatoms. The number of aromatic hydroxyl groups is 1. The van der Waals surface area contributed by atoms with Gasteiger partial charge in [-0.3, -0.25) is 9.69 Å². The molecule has 1 atom stereocenters. The van der Waals surface area contributed by atoms with Crippen molar-refractivity contribution in [1.82, 2.24) is 4.90 Å². The van der Waals surface area contributed by atoms with Crippen molar-refractivity contribution in [2.24, 2.45) is 0 Å². The molecule has 0 radical (unpaired) electrons. The van der Waals surface area contributed by atoms with Crippen molar-refractivity contribution in [1.29, 1.82) is 0 Å². The largest absolute Gasteiger partial charge is 0.507 e. The van der Waals surface area contributed by atoms with E-state index in [2.05, 4.69) is 15.9 Å². The number of hydrogen-bond acceptors (Lipinski definition) is 5. The molecule has 1 N–H and O–H groups in total. The molecule has 4 rings (SSSR count). The summed E-state index contributed by atoms with van der Waals surface area (Å²) in [5, 5.41) is 11.7. The number of carbonyl (C=O) groups is 1. The van der Waals surface area contributed by atoms with Crippen molar-refractivity contribution in [3.05, 3.63) is 35.9 Å². The molecule has 2 heterocycles. The van der Waals surface area contributed by atoms with E-state index in [9.17, 15) is 9.90 Å². The first kappa shape index (κ1) is 15.4. The van der Waals surface area contributed by atoms with Gasteiger partial charge in [0.25, 0.3) is 0 Å². The number of morpholine rings is 1. The number of phenols is 1. The predicted octanol–water partition coefficient (Wildman–Crippen LogP) is 2.27. The van der Waals surface area contributed by atoms with E-state index >= 15 is 0 Å². The number of phenolic OH excluding ortho intramolecular Hbond substituents is 1. The number of anilines is 1. The molecule has 2 fully saturated rings. The maximum atomic E-state index is 11.3. The van der Waals surface area contributed by atoms with Crippen molar-refractivity contribution in [3.8, 4) is 5.75 Å². The molecule has 126 valence electrons. The van der Waals surface area contributed by atoms with Gasteiger partial charge < -0.3 is 14.7 Å². The van der Waals surface area contributed by atoms with E-state index in [1.54, 1.807) is 6.07 Å². The zero-order chi connectivity index (χ0) is 16.5. The van der Waals surface area contributed by atoms with Crippen molar-refractivity contribution in [3.63, 3.8) is 0 Å². The van der Waals surface area contributed by atoms with Crippen LogP contribution in [-0.2, 0) is 4.74 Å². The first-order valence-electron chi connectivity index (χ1n) is 8.54. The fourth-order valence-electron chi connectivity index (χ4n) is 3.86. The molecule has 0 aromatic heterocycles. The van der Waals surface area contributed by atoms with Gasteiger partial charge in [-0.1, -0.05) is 12.1 Å². The van der Waals surface area contributed by atoms with E-state index in [0.29, 0.717) is 11.6 Å². The van der Waals surface area contributed by atoms with Crippen LogP contribution >= 0.6 is 0 Å². The summed E-state index contributed by atoms with van der Waals surface area (Å²) < 4.78 is 5.44. The van der Waals surface area contributed by atoms with Crippen LogP contribution < -0.4 is 4.90 Å². The Labute approximate surface area is 141 Å². The Morgan fingerprint density at radius 3 is 2.71 bits per heavy atom. The summed E-state index contributed by atoms with van der Waals surface area (Å²) in [5.74, 6) is 0.0438. The second-order valence-corrected chi connectivity index (χ2v) is 6.56. The lowest BCUT2D eigenvalue weighted by Gasteiger charge is -2.32. The fourth-order valence-corrected chi connectivity index (χ4v) is 3.86. The third-order valence-corrected chi connectivity index (χ3v) is 5.23. The number of ether oxygens (including phenoxy) is 1. The second-order valence-electron chi connectivity index (χ2n) is 6.56. The molecule has 0 bridgehead atoms. The normalized spacial score (nSPS) is 22.2. The number of hydrogen-bond donors (Lipinski definition) is 1. The van der Waals surface area contributed by atoms with E-state index in [0.717, 1.165) is 68.6 Å². The number of carbonyl (C=O) groups excluding carboxylic acids is 1. The summed E-state index contributed by atoms with van der Waals surface area (Å²) in [5.41, 5.74) is 1.49. The zero-order valence-electron chi connectivity index (χ0n) is 13.6. The molecule has 2 aliphatic heterocycles. The predicted molar refractivity (Wildman–Crippen MR) is 94.0 cm³/mol. The average Bonchev–Trinajstić information content (AvgIpc) is 3.12. The van der Waals surface area contributed by atoms with Gasteiger partial charge in [0.05, 0.1) is 18.8 Å². The van der Waals surface area contributed by atoms with Gasteiger partial charge in [-0.2, -0.15) is 0 Å². The van der Waals surface area contributed by atoms with E-state index < -0.39 is 0 Å². The molecule has 2 aliphatic rings. The van der Waals surface area contributed by atoms with Crippen LogP contribution in [0, 0.1) is 0 Å². The topological polar surface area (TPSA) is 53.0 Å². The number of aldehydes is 1. The highest BCUT2D eigenvalue weighted by Gasteiger charge is 2.29. The lowest BCUT2D eigenvalue weighted by atomic mass is 10.0. The van der Waals surface area contributed by atoms with E-state index in [1.165, 1.54) is 0 Å². The molecule has 24 heavy (non-hydrogen) atoms. The Morgan fingerprint density at radius 2 is 1.92 bits per heavy atom. The summed E-state index contributed by atoms with van der Waals surface area (Å²) in [7, 11) is 0. The first-order chi connectivity index (χ1) is 11.8. The quantitative estimate of drug-likeness (QED) is 0.877. The van der Waals surface area contributed by atoms with E-state index in [4.69, 9.17) is 4.74 Å². The number of nitrogens with zero attached hydrogens (tertiary/aromatic N) is 2. The van der Waals surface area contributed by atoms with Gasteiger partial charge in [0.2, 0.25) is 0 Å². The fraction of sp³-hybridized carbons (Fsp3) is 0.421. The van der Waals surface area contributed by atoms with Crippen LogP contribution in [0.5, 0.6) is 5.75 Å². The van der Waals surface area contributed by atoms with Gasteiger partial charge in [0, 0.05) is 37.9 Å². The van der Waals surface area contributed by atoms with Crippen LogP contribution in [0.25, 0.3) is 10.8 Å². The number of fused-ring (bicyclic) bond motifs is 1. The minimum Gasteiger partial charge on any atom is -0.507 e. The van der Waals surface area contributed by atoms with Crippen molar-refractivity contribution in [2.75, 3.05) is 44.3 Å². The zero-order valence-corrected chi connectivity index (χ0v) is 13.6. The van der Waals surface area contributed by atoms with Gasteiger partial charge in [0.15, 0.2) is 6.29 Å². The molecule has 5 nitrogen and oxygen atoms in total. The minimum absolute atomic E-state index is 0.0438. The summed E-state index contributed by atoms with van der Waals surface area (Å²) in [6.07, 6.45) is 1.89. The molecule has 0 saturated carbocycles. The summed E-state index contributed by atoms with van der Waals surface area (Å²) in [6.45, 7) is 5.70. The Kier molecular flexibility index (Phi) is 4.12. The summed E-state index contributed by atoms with van der Waals surface area (Å²) in [6, 6.07) is 10.2. The smallest absolute Gasteiger partial charge is 0.154 e. The van der Waals surface area contributed by atoms with Gasteiger partial charge in [-0.25, -0.2) is 0 Å². The highest BCUT2D eigenvalue weighted by Crippen LogP contribution is 2.31. The third-order valence-electron chi connectivity index (χ3n) is 5.23. The Hall–Kier alpha value is -2.11. The van der Waals surface area contributed by atoms with Crippen molar-refractivity contribution < 1.29 is 14.6 Å². The SMILES string of the molecule is O=Cc1c(O)ccc2ccc(N3CCC(N4CCOCC4)C3)cc12. The van der Waals surface area contributed by atoms with E-state index in [1.807, 2.05) is 18.2 Å². The molecule has 2 saturated heterocycles. The maximum absolute atomic E-state index is 11.3. The van der Waals surface area contributed by atoms with Crippen LogP contribution in [0.4, 0.5) is 5.69 Å². The Morgan fingerprint density at radius 1 is 1.12 bits per heavy atom. The highest BCUT2D eigenvalue weighted by molar-refractivity contribution is 6.02. The average molecular weight is 326 g/mol. The van der Waals surface area contributed by atoms with Gasteiger partial charge in [0.1, 0.15) is 5.75 Å². The lowest BCUT2D eigenvalue weighted by molar-refractivity contribution is 0.0209. The van der Waals surface area contributed by atoms with Gasteiger partial charge in [-0.15, -0.1) is 0 Å². The minimum atomic E-state index is 0.0438. The molecule has 0 aliphatic carbocycles. The monoisotopic (exact) mass is 326 g/mol. The molecular weight excluding hydrogens is 304 g/mol. The molecule has 0 amide bonds. The molecule has 1 unspecified atom stereocenters. The Balaban J connectivity index is 1.59. The maximum Gasteiger partial charge on any atom is 0.154 e. The highest BCUT2D eigenvalue weighted by atomic mass is 16.5. The molecule has 2 aromatic rings. The van der Waals surface area contributed by atoms with Gasteiger partial charge >= 0.3 is 0 Å². The number of benzene rings is 2. The van der Waals surface area contributed by atoms with Crippen molar-refractivity contribution in [2.45, 2.75) is 12.5 Å². The lowest BCUT2D eigenvalue weighted by Crippen LogP contribution is -2.44. The van der Waals surface area contributed by atoms with Crippen LogP contribution in [0.2, 0.25) is 0 Å². The number of rotatable bonds is 3. The first-order valence-corrected chi connectivity index (χ1v) is 8.54. The molecule has 2 aromatic carbocycles. The second kappa shape index (κ2) is 6.42. The molecular formula is C19H22N2O3. The van der Waals surface area contributed by atoms with Crippen LogP contribution in [0.3, 0.4) is 0 Å². The standard InChI is InChI=1S/C19H22N2O3/c22-13-18-17-11-15(3-1-14(17)2-4-19(18)23)21-6-5-16(12-21)20-7-9-24-10-8-20/h1-4,11,13,16,23H,5-10,12H2. The van der Waals surface area contributed by atoms with E-state index in [-0.39, 0.29) is 5.75 Å². The van der Waals surface area contributed by atoms with Crippen LogP contribution in [0.15, 0.2) is 30.3 Å². The van der Waals surface area contributed by atoms with Crippen LogP contribution in [-0.4, -0.2) is 61.7 Å².